The molecule has 0 fully saturated rings. The Bertz CT molecular complexity index is 783. The van der Waals surface area contributed by atoms with Gasteiger partial charge in [0.25, 0.3) is 0 Å². The lowest BCUT2D eigenvalue weighted by molar-refractivity contribution is -0.163. The summed E-state index contributed by atoms with van der Waals surface area (Å²) in [6, 6.07) is 10.3. The highest BCUT2D eigenvalue weighted by Gasteiger charge is 2.41. The zero-order chi connectivity index (χ0) is 19.2. The Labute approximate surface area is 152 Å². The van der Waals surface area contributed by atoms with Crippen LogP contribution in [0.2, 0.25) is 0 Å². The summed E-state index contributed by atoms with van der Waals surface area (Å²) < 4.78 is 52.5. The normalized spacial score (nSPS) is 12.3. The highest BCUT2D eigenvalue weighted by molar-refractivity contribution is 7.99. The second-order valence-corrected chi connectivity index (χ2v) is 6.50. The molecule has 136 valence electrons. The molecule has 1 amide bonds. The number of carbonyl (C=O) groups excluding carboxylic acids is 1. The van der Waals surface area contributed by atoms with Crippen molar-refractivity contribution in [2.45, 2.75) is 23.5 Å². The van der Waals surface area contributed by atoms with Crippen molar-refractivity contribution in [3.8, 4) is 6.07 Å². The van der Waals surface area contributed by atoms with E-state index in [4.69, 9.17) is 5.26 Å². The molecule has 0 aromatic heterocycles. The zero-order valence-electron chi connectivity index (χ0n) is 13.4. The van der Waals surface area contributed by atoms with Crippen LogP contribution < -0.4 is 5.32 Å². The van der Waals surface area contributed by atoms with Gasteiger partial charge in [-0.15, -0.1) is 11.8 Å². The number of benzene rings is 2. The molecule has 0 saturated heterocycles. The van der Waals surface area contributed by atoms with Crippen LogP contribution in [0.4, 0.5) is 17.6 Å². The molecule has 0 radical (unpaired) electrons. The predicted molar refractivity (Wildman–Crippen MR) is 89.8 cm³/mol. The molecule has 0 aliphatic rings. The summed E-state index contributed by atoms with van der Waals surface area (Å²) in [5, 5.41) is 10.7. The molecular weight excluding hydrogens is 368 g/mol. The maximum absolute atomic E-state index is 13.2. The zero-order valence-corrected chi connectivity index (χ0v) is 14.2. The van der Waals surface area contributed by atoms with Crippen molar-refractivity contribution in [1.29, 1.82) is 5.26 Å². The van der Waals surface area contributed by atoms with E-state index in [1.165, 1.54) is 11.8 Å². The second kappa shape index (κ2) is 8.72. The van der Waals surface area contributed by atoms with Crippen molar-refractivity contribution < 1.29 is 22.4 Å². The molecule has 1 atom stereocenters. The Morgan fingerprint density at radius 1 is 1.12 bits per heavy atom. The maximum Gasteiger partial charge on any atom is 0.412 e. The van der Waals surface area contributed by atoms with Gasteiger partial charge in [0.05, 0.1) is 11.6 Å². The van der Waals surface area contributed by atoms with Crippen LogP contribution in [0.3, 0.4) is 0 Å². The molecule has 1 unspecified atom stereocenters. The van der Waals surface area contributed by atoms with Gasteiger partial charge in [-0.05, 0) is 42.0 Å². The quantitative estimate of drug-likeness (QED) is 0.587. The lowest BCUT2D eigenvalue weighted by Crippen LogP contribution is -2.38. The number of hydrogen-bond donors (Lipinski definition) is 1. The average molecular weight is 382 g/mol. The molecule has 2 aromatic rings. The molecule has 0 aliphatic heterocycles. The van der Waals surface area contributed by atoms with Crippen LogP contribution in [0.25, 0.3) is 0 Å². The van der Waals surface area contributed by atoms with Gasteiger partial charge in [-0.2, -0.15) is 18.4 Å². The maximum atomic E-state index is 13.2. The first-order chi connectivity index (χ1) is 12.3. The number of nitrogens with one attached hydrogen (secondary N) is 1. The van der Waals surface area contributed by atoms with E-state index in [0.717, 1.165) is 29.2 Å². The van der Waals surface area contributed by atoms with Crippen LogP contribution in [0, 0.1) is 17.1 Å². The fraction of sp³-hybridized carbons (Fsp3) is 0.222. The van der Waals surface area contributed by atoms with E-state index in [2.05, 4.69) is 0 Å². The van der Waals surface area contributed by atoms with Crippen LogP contribution >= 0.6 is 11.8 Å². The minimum absolute atomic E-state index is 0.113. The lowest BCUT2D eigenvalue weighted by atomic mass is 10.1. The van der Waals surface area contributed by atoms with Gasteiger partial charge in [0.2, 0.25) is 5.91 Å². The first kappa shape index (κ1) is 19.8. The SMILES string of the molecule is N#Cc1ccc(SCCC(=O)NC(c2ccc(F)cc2)C(F)(F)F)cc1. The number of halogens is 4. The summed E-state index contributed by atoms with van der Waals surface area (Å²) in [5.74, 6) is -1.12. The molecule has 2 aromatic carbocycles. The lowest BCUT2D eigenvalue weighted by Gasteiger charge is -2.22. The highest BCUT2D eigenvalue weighted by Crippen LogP contribution is 2.33. The third-order valence-electron chi connectivity index (χ3n) is 3.42. The molecule has 8 heteroatoms. The monoisotopic (exact) mass is 382 g/mol. The Morgan fingerprint density at radius 3 is 2.27 bits per heavy atom. The Balaban J connectivity index is 1.92. The number of carbonyl (C=O) groups is 1. The van der Waals surface area contributed by atoms with E-state index in [1.807, 2.05) is 11.4 Å². The molecular formula is C18H14F4N2OS. The van der Waals surface area contributed by atoms with Crippen LogP contribution in [0.1, 0.15) is 23.6 Å². The van der Waals surface area contributed by atoms with Gasteiger partial charge in [-0.25, -0.2) is 4.39 Å². The van der Waals surface area contributed by atoms with Crippen LogP contribution in [-0.2, 0) is 4.79 Å². The largest absolute Gasteiger partial charge is 0.412 e. The summed E-state index contributed by atoms with van der Waals surface area (Å²) in [6.07, 6.45) is -4.80. The van der Waals surface area contributed by atoms with Gasteiger partial charge in [-0.3, -0.25) is 4.79 Å². The van der Waals surface area contributed by atoms with Crippen molar-refractivity contribution in [1.82, 2.24) is 5.32 Å². The van der Waals surface area contributed by atoms with Crippen LogP contribution in [0.15, 0.2) is 53.4 Å². The van der Waals surface area contributed by atoms with Crippen molar-refractivity contribution in [2.24, 2.45) is 0 Å². The standard InChI is InChI=1S/C18H14F4N2OS/c19-14-5-3-13(4-6-14)17(18(20,21)22)24-16(25)9-10-26-15-7-1-12(11-23)2-8-15/h1-8,17H,9-10H2,(H,24,25). The highest BCUT2D eigenvalue weighted by atomic mass is 32.2. The molecule has 0 heterocycles. The minimum Gasteiger partial charge on any atom is -0.341 e. The van der Waals surface area contributed by atoms with Crippen LogP contribution in [-0.4, -0.2) is 17.8 Å². The first-order valence-electron chi connectivity index (χ1n) is 7.54. The summed E-state index contributed by atoms with van der Waals surface area (Å²) in [5.41, 5.74) is 0.270. The van der Waals surface area contributed by atoms with E-state index >= 15 is 0 Å². The number of hydrogen-bond acceptors (Lipinski definition) is 3. The molecule has 26 heavy (non-hydrogen) atoms. The predicted octanol–water partition coefficient (Wildman–Crippen LogP) is 4.60. The fourth-order valence-electron chi connectivity index (χ4n) is 2.13. The van der Waals surface area contributed by atoms with E-state index in [1.54, 1.807) is 24.3 Å². The topological polar surface area (TPSA) is 52.9 Å². The van der Waals surface area contributed by atoms with Gasteiger partial charge in [0.1, 0.15) is 5.82 Å². The van der Waals surface area contributed by atoms with Gasteiger partial charge >= 0.3 is 6.18 Å². The van der Waals surface area contributed by atoms with E-state index in [0.29, 0.717) is 5.56 Å². The fourth-order valence-corrected chi connectivity index (χ4v) is 2.98. The van der Waals surface area contributed by atoms with E-state index < -0.39 is 23.9 Å². The number of rotatable bonds is 6. The van der Waals surface area contributed by atoms with Crippen molar-refractivity contribution in [3.63, 3.8) is 0 Å². The smallest absolute Gasteiger partial charge is 0.341 e. The van der Waals surface area contributed by atoms with Gasteiger partial charge < -0.3 is 5.32 Å². The molecule has 3 nitrogen and oxygen atoms in total. The van der Waals surface area contributed by atoms with E-state index in [9.17, 15) is 22.4 Å². The summed E-state index contributed by atoms with van der Waals surface area (Å²) in [4.78, 5) is 12.7. The van der Waals surface area contributed by atoms with Crippen LogP contribution in [0.5, 0.6) is 0 Å². The molecule has 0 spiro atoms. The number of nitrogens with zero attached hydrogens (tertiary/aromatic N) is 1. The van der Waals surface area contributed by atoms with Crippen molar-refractivity contribution >= 4 is 17.7 Å². The van der Waals surface area contributed by atoms with Gasteiger partial charge in [0, 0.05) is 17.1 Å². The molecule has 0 saturated carbocycles. The summed E-state index contributed by atoms with van der Waals surface area (Å²) in [7, 11) is 0. The summed E-state index contributed by atoms with van der Waals surface area (Å²) in [6.45, 7) is 0. The number of nitriles is 1. The first-order valence-corrected chi connectivity index (χ1v) is 8.52. The Morgan fingerprint density at radius 2 is 1.73 bits per heavy atom. The van der Waals surface area contributed by atoms with Crippen molar-refractivity contribution in [3.05, 3.63) is 65.5 Å². The third-order valence-corrected chi connectivity index (χ3v) is 4.43. The molecule has 0 aliphatic carbocycles. The second-order valence-electron chi connectivity index (χ2n) is 5.33. The molecule has 1 N–H and O–H groups in total. The number of alkyl halides is 3. The Kier molecular flexibility index (Phi) is 6.64. The third kappa shape index (κ3) is 5.77. The minimum atomic E-state index is -4.69. The van der Waals surface area contributed by atoms with Gasteiger partial charge in [-0.1, -0.05) is 12.1 Å². The van der Waals surface area contributed by atoms with E-state index in [-0.39, 0.29) is 17.7 Å². The number of amides is 1. The molecule has 2 rings (SSSR count). The average Bonchev–Trinajstić information content (AvgIpc) is 2.60. The van der Waals surface area contributed by atoms with Crippen molar-refractivity contribution in [2.75, 3.05) is 5.75 Å². The van der Waals surface area contributed by atoms with Gasteiger partial charge in [0.15, 0.2) is 6.04 Å². The molecule has 0 bridgehead atoms. The number of thioether (sulfide) groups is 1. The summed E-state index contributed by atoms with van der Waals surface area (Å²) >= 11 is 1.30. The Hall–Kier alpha value is -2.53.